The van der Waals surface area contributed by atoms with Crippen molar-refractivity contribution in [2.75, 3.05) is 20.2 Å². The van der Waals surface area contributed by atoms with E-state index in [2.05, 4.69) is 15.9 Å². The molecule has 7 heteroatoms. The van der Waals surface area contributed by atoms with E-state index < -0.39 is 16.0 Å². The normalized spacial score (nSPS) is 11.6. The monoisotopic (exact) mass is 349 g/mol. The standard InChI is InChI=1S/C12H16BrNO4S/c1-3-18-12(15)9-14(2)19(16,17)11-6-4-10(8-13)5-7-11/h4-7H,3,8-9H2,1-2H3. The van der Waals surface area contributed by atoms with Gasteiger partial charge in [-0.1, -0.05) is 28.1 Å². The van der Waals surface area contributed by atoms with Gasteiger partial charge in [-0.05, 0) is 24.6 Å². The van der Waals surface area contributed by atoms with Crippen LogP contribution >= 0.6 is 15.9 Å². The Balaban J connectivity index is 2.86. The highest BCUT2D eigenvalue weighted by atomic mass is 79.9. The number of carbonyl (C=O) groups excluding carboxylic acids is 1. The zero-order chi connectivity index (χ0) is 14.5. The highest BCUT2D eigenvalue weighted by Crippen LogP contribution is 2.16. The topological polar surface area (TPSA) is 63.7 Å². The Hall–Kier alpha value is -0.920. The van der Waals surface area contributed by atoms with Crippen LogP contribution in [0.25, 0.3) is 0 Å². The molecule has 0 radical (unpaired) electrons. The molecule has 1 rings (SSSR count). The Morgan fingerprint density at radius 1 is 1.32 bits per heavy atom. The Bertz CT molecular complexity index is 527. The molecule has 0 saturated carbocycles. The lowest BCUT2D eigenvalue weighted by atomic mass is 10.2. The fourth-order valence-electron chi connectivity index (χ4n) is 1.40. The zero-order valence-corrected chi connectivity index (χ0v) is 13.2. The molecule has 5 nitrogen and oxygen atoms in total. The van der Waals surface area contributed by atoms with E-state index in [1.165, 1.54) is 19.2 Å². The third-order valence-corrected chi connectivity index (χ3v) is 4.91. The Morgan fingerprint density at radius 2 is 1.89 bits per heavy atom. The van der Waals surface area contributed by atoms with Crippen molar-refractivity contribution < 1.29 is 17.9 Å². The van der Waals surface area contributed by atoms with Crippen LogP contribution in [-0.2, 0) is 24.9 Å². The first-order chi connectivity index (χ1) is 8.91. The van der Waals surface area contributed by atoms with E-state index >= 15 is 0 Å². The predicted molar refractivity (Wildman–Crippen MR) is 75.5 cm³/mol. The van der Waals surface area contributed by atoms with Crippen molar-refractivity contribution in [2.24, 2.45) is 0 Å². The molecule has 0 aliphatic rings. The number of likely N-dealkylation sites (N-methyl/N-ethyl adjacent to an activating group) is 1. The minimum Gasteiger partial charge on any atom is -0.465 e. The summed E-state index contributed by atoms with van der Waals surface area (Å²) in [6.45, 7) is 1.61. The van der Waals surface area contributed by atoms with Crippen LogP contribution in [0.1, 0.15) is 12.5 Å². The summed E-state index contributed by atoms with van der Waals surface area (Å²) >= 11 is 3.29. The second kappa shape index (κ2) is 7.02. The molecule has 0 atom stereocenters. The van der Waals surface area contributed by atoms with Gasteiger partial charge in [0.1, 0.15) is 6.54 Å². The fourth-order valence-corrected chi connectivity index (χ4v) is 2.89. The van der Waals surface area contributed by atoms with E-state index in [-0.39, 0.29) is 18.0 Å². The predicted octanol–water partition coefficient (Wildman–Crippen LogP) is 1.77. The van der Waals surface area contributed by atoms with E-state index in [0.29, 0.717) is 5.33 Å². The summed E-state index contributed by atoms with van der Waals surface area (Å²) in [5.74, 6) is -0.564. The van der Waals surface area contributed by atoms with Crippen LogP contribution in [0.5, 0.6) is 0 Å². The molecule has 0 aliphatic heterocycles. The molecule has 0 N–H and O–H groups in total. The van der Waals surface area contributed by atoms with Crippen LogP contribution in [0.15, 0.2) is 29.2 Å². The lowest BCUT2D eigenvalue weighted by molar-refractivity contribution is -0.143. The van der Waals surface area contributed by atoms with E-state index in [0.717, 1.165) is 9.87 Å². The number of benzene rings is 1. The first-order valence-corrected chi connectivity index (χ1v) is 8.24. The summed E-state index contributed by atoms with van der Waals surface area (Å²) in [5, 5.41) is 0.659. The second-order valence-electron chi connectivity index (χ2n) is 3.84. The van der Waals surface area contributed by atoms with Crippen molar-refractivity contribution in [2.45, 2.75) is 17.1 Å². The minimum absolute atomic E-state index is 0.156. The van der Waals surface area contributed by atoms with Gasteiger partial charge in [-0.2, -0.15) is 4.31 Å². The summed E-state index contributed by atoms with van der Waals surface area (Å²) in [5.41, 5.74) is 0.979. The van der Waals surface area contributed by atoms with E-state index in [9.17, 15) is 13.2 Å². The lowest BCUT2D eigenvalue weighted by Gasteiger charge is -2.16. The highest BCUT2D eigenvalue weighted by Gasteiger charge is 2.23. The van der Waals surface area contributed by atoms with E-state index in [4.69, 9.17) is 4.74 Å². The van der Waals surface area contributed by atoms with E-state index in [1.807, 2.05) is 0 Å². The van der Waals surface area contributed by atoms with Crippen molar-refractivity contribution >= 4 is 31.9 Å². The van der Waals surface area contributed by atoms with Crippen LogP contribution in [0.3, 0.4) is 0 Å². The van der Waals surface area contributed by atoms with Crippen LogP contribution < -0.4 is 0 Å². The SMILES string of the molecule is CCOC(=O)CN(C)S(=O)(=O)c1ccc(CBr)cc1. The van der Waals surface area contributed by atoms with Gasteiger partial charge >= 0.3 is 5.97 Å². The number of nitrogens with zero attached hydrogens (tertiary/aromatic N) is 1. The van der Waals surface area contributed by atoms with Gasteiger partial charge < -0.3 is 4.74 Å². The number of alkyl halides is 1. The van der Waals surface area contributed by atoms with Crippen LogP contribution in [0, 0.1) is 0 Å². The highest BCUT2D eigenvalue weighted by molar-refractivity contribution is 9.08. The molecule has 0 heterocycles. The molecular formula is C12H16BrNO4S. The number of rotatable bonds is 6. The van der Waals surface area contributed by atoms with Gasteiger partial charge in [0, 0.05) is 12.4 Å². The van der Waals surface area contributed by atoms with Gasteiger partial charge in [0.15, 0.2) is 0 Å². The summed E-state index contributed by atoms with van der Waals surface area (Å²) in [6.07, 6.45) is 0. The number of halogens is 1. The number of carbonyl (C=O) groups is 1. The molecule has 1 aromatic rings. The molecule has 0 aliphatic carbocycles. The summed E-state index contributed by atoms with van der Waals surface area (Å²) in [7, 11) is -2.31. The van der Waals surface area contributed by atoms with Crippen LogP contribution in [0.2, 0.25) is 0 Å². The Labute approximate surface area is 121 Å². The molecule has 0 unspecified atom stereocenters. The molecular weight excluding hydrogens is 334 g/mol. The maximum atomic E-state index is 12.2. The number of sulfonamides is 1. The molecule has 0 aromatic heterocycles. The summed E-state index contributed by atoms with van der Waals surface area (Å²) in [6, 6.07) is 6.49. The van der Waals surface area contributed by atoms with Crippen molar-refractivity contribution in [1.82, 2.24) is 4.31 Å². The van der Waals surface area contributed by atoms with Gasteiger partial charge in [-0.15, -0.1) is 0 Å². The van der Waals surface area contributed by atoms with Gasteiger partial charge in [0.2, 0.25) is 10.0 Å². The van der Waals surface area contributed by atoms with Crippen molar-refractivity contribution in [3.63, 3.8) is 0 Å². The number of ether oxygens (including phenoxy) is 1. The molecule has 1 aromatic carbocycles. The first-order valence-electron chi connectivity index (χ1n) is 5.68. The number of hydrogen-bond acceptors (Lipinski definition) is 4. The lowest BCUT2D eigenvalue weighted by Crippen LogP contribution is -2.33. The third kappa shape index (κ3) is 4.29. The van der Waals surface area contributed by atoms with Gasteiger partial charge in [0.25, 0.3) is 0 Å². The zero-order valence-electron chi connectivity index (χ0n) is 10.8. The molecule has 106 valence electrons. The van der Waals surface area contributed by atoms with Crippen LogP contribution in [0.4, 0.5) is 0 Å². The first kappa shape index (κ1) is 16.1. The summed E-state index contributed by atoms with van der Waals surface area (Å²) in [4.78, 5) is 11.5. The molecule has 0 fully saturated rings. The van der Waals surface area contributed by atoms with Gasteiger partial charge in [0.05, 0.1) is 11.5 Å². The maximum absolute atomic E-state index is 12.2. The molecule has 0 saturated heterocycles. The number of esters is 1. The van der Waals surface area contributed by atoms with Crippen molar-refractivity contribution in [3.8, 4) is 0 Å². The maximum Gasteiger partial charge on any atom is 0.321 e. The third-order valence-electron chi connectivity index (χ3n) is 2.44. The molecule has 19 heavy (non-hydrogen) atoms. The van der Waals surface area contributed by atoms with Gasteiger partial charge in [-0.3, -0.25) is 4.79 Å². The fraction of sp³-hybridized carbons (Fsp3) is 0.417. The average molecular weight is 350 g/mol. The number of hydrogen-bond donors (Lipinski definition) is 0. The largest absolute Gasteiger partial charge is 0.465 e. The smallest absolute Gasteiger partial charge is 0.321 e. The quantitative estimate of drug-likeness (QED) is 0.579. The average Bonchev–Trinajstić information content (AvgIpc) is 2.39. The Morgan fingerprint density at radius 3 is 2.37 bits per heavy atom. The van der Waals surface area contributed by atoms with Crippen molar-refractivity contribution in [3.05, 3.63) is 29.8 Å². The molecule has 0 amide bonds. The summed E-state index contributed by atoms with van der Waals surface area (Å²) < 4.78 is 30.1. The van der Waals surface area contributed by atoms with Crippen molar-refractivity contribution in [1.29, 1.82) is 0 Å². The van der Waals surface area contributed by atoms with Crippen LogP contribution in [-0.4, -0.2) is 38.9 Å². The molecule has 0 spiro atoms. The van der Waals surface area contributed by atoms with Gasteiger partial charge in [-0.25, -0.2) is 8.42 Å². The Kier molecular flexibility index (Phi) is 5.96. The molecule has 0 bridgehead atoms. The second-order valence-corrected chi connectivity index (χ2v) is 6.45. The minimum atomic E-state index is -3.66. The van der Waals surface area contributed by atoms with E-state index in [1.54, 1.807) is 19.1 Å².